The maximum Gasteiger partial charge on any atom is 0.253 e. The van der Waals surface area contributed by atoms with Crippen LogP contribution in [0.1, 0.15) is 47.2 Å². The van der Waals surface area contributed by atoms with Gasteiger partial charge in [-0.15, -0.1) is 0 Å². The lowest BCUT2D eigenvalue weighted by molar-refractivity contribution is -0.132. The van der Waals surface area contributed by atoms with E-state index in [9.17, 15) is 14.4 Å². The molecule has 7 nitrogen and oxygen atoms in total. The molecule has 1 heterocycles. The fourth-order valence-corrected chi connectivity index (χ4v) is 4.75. The normalized spacial score (nSPS) is 16.9. The standard InChI is InChI=1S/C27H34N4O3/c1-20-8-2-3-9-21(20)18-26(33)31-16-14-30(15-17-31)19-25(32)29-24-13-7-6-12-23(24)27(34)28-22-10-4-5-11-22/h2-3,6-9,12-13,22H,4-5,10-11,14-19H2,1H3,(H,28,34)(H,29,32). The van der Waals surface area contributed by atoms with Crippen LogP contribution in [-0.2, 0) is 16.0 Å². The molecule has 2 aromatic carbocycles. The lowest BCUT2D eigenvalue weighted by Gasteiger charge is -2.34. The number of carbonyl (C=O) groups excluding carboxylic acids is 3. The minimum atomic E-state index is -0.152. The number of hydrogen-bond donors (Lipinski definition) is 2. The van der Waals surface area contributed by atoms with Crippen LogP contribution in [0.2, 0.25) is 0 Å². The van der Waals surface area contributed by atoms with E-state index >= 15 is 0 Å². The summed E-state index contributed by atoms with van der Waals surface area (Å²) in [6.45, 7) is 4.78. The largest absolute Gasteiger partial charge is 0.349 e. The summed E-state index contributed by atoms with van der Waals surface area (Å²) in [5.74, 6) is -0.162. The van der Waals surface area contributed by atoms with Crippen molar-refractivity contribution in [2.24, 2.45) is 0 Å². The smallest absolute Gasteiger partial charge is 0.253 e. The second-order valence-corrected chi connectivity index (χ2v) is 9.31. The molecule has 1 saturated carbocycles. The van der Waals surface area contributed by atoms with Gasteiger partial charge < -0.3 is 15.5 Å². The Morgan fingerprint density at radius 2 is 1.59 bits per heavy atom. The molecule has 0 radical (unpaired) electrons. The average Bonchev–Trinajstić information content (AvgIpc) is 3.34. The van der Waals surface area contributed by atoms with E-state index in [4.69, 9.17) is 0 Å². The predicted molar refractivity (Wildman–Crippen MR) is 133 cm³/mol. The van der Waals surface area contributed by atoms with Crippen molar-refractivity contribution >= 4 is 23.4 Å². The number of para-hydroxylation sites is 1. The van der Waals surface area contributed by atoms with Crippen molar-refractivity contribution in [1.82, 2.24) is 15.1 Å². The number of nitrogens with zero attached hydrogens (tertiary/aromatic N) is 2. The SMILES string of the molecule is Cc1ccccc1CC(=O)N1CCN(CC(=O)Nc2ccccc2C(=O)NC2CCCC2)CC1. The van der Waals surface area contributed by atoms with Crippen molar-refractivity contribution in [1.29, 1.82) is 0 Å². The van der Waals surface area contributed by atoms with Crippen molar-refractivity contribution in [3.05, 3.63) is 65.2 Å². The second-order valence-electron chi connectivity index (χ2n) is 9.31. The van der Waals surface area contributed by atoms with Gasteiger partial charge in [-0.05, 0) is 43.0 Å². The van der Waals surface area contributed by atoms with Crippen LogP contribution in [0.4, 0.5) is 5.69 Å². The van der Waals surface area contributed by atoms with Crippen LogP contribution < -0.4 is 10.6 Å². The van der Waals surface area contributed by atoms with Crippen LogP contribution in [0.25, 0.3) is 0 Å². The van der Waals surface area contributed by atoms with E-state index in [0.717, 1.165) is 36.8 Å². The van der Waals surface area contributed by atoms with Crippen LogP contribution in [0, 0.1) is 6.92 Å². The monoisotopic (exact) mass is 462 g/mol. The lowest BCUT2D eigenvalue weighted by Crippen LogP contribution is -2.50. The number of amides is 3. The number of hydrogen-bond acceptors (Lipinski definition) is 4. The lowest BCUT2D eigenvalue weighted by atomic mass is 10.1. The molecule has 1 aliphatic heterocycles. The summed E-state index contributed by atoms with van der Waals surface area (Å²) in [6.07, 6.45) is 4.73. The Labute approximate surface area is 201 Å². The zero-order valence-electron chi connectivity index (χ0n) is 19.9. The number of nitrogens with one attached hydrogen (secondary N) is 2. The Balaban J connectivity index is 1.26. The van der Waals surface area contributed by atoms with E-state index in [0.29, 0.717) is 43.9 Å². The second kappa shape index (κ2) is 11.3. The van der Waals surface area contributed by atoms with Crippen LogP contribution >= 0.6 is 0 Å². The maximum absolute atomic E-state index is 12.7. The molecule has 4 rings (SSSR count). The molecule has 1 aliphatic carbocycles. The first-order valence-electron chi connectivity index (χ1n) is 12.2. The molecule has 0 bridgehead atoms. The minimum absolute atomic E-state index is 0.126. The first-order valence-corrected chi connectivity index (χ1v) is 12.2. The molecule has 2 aliphatic rings. The maximum atomic E-state index is 12.7. The Morgan fingerprint density at radius 1 is 0.912 bits per heavy atom. The van der Waals surface area contributed by atoms with Gasteiger partial charge in [0.25, 0.3) is 5.91 Å². The van der Waals surface area contributed by atoms with Crippen molar-refractivity contribution in [3.8, 4) is 0 Å². The Hall–Kier alpha value is -3.19. The Bertz CT molecular complexity index is 1020. The number of anilines is 1. The van der Waals surface area contributed by atoms with Gasteiger partial charge in [-0.25, -0.2) is 0 Å². The van der Waals surface area contributed by atoms with Gasteiger partial charge in [-0.1, -0.05) is 49.2 Å². The zero-order chi connectivity index (χ0) is 23.9. The van der Waals surface area contributed by atoms with Gasteiger partial charge in [0.05, 0.1) is 24.2 Å². The molecule has 7 heteroatoms. The van der Waals surface area contributed by atoms with E-state index < -0.39 is 0 Å². The summed E-state index contributed by atoms with van der Waals surface area (Å²) in [6, 6.07) is 15.3. The molecule has 0 aromatic heterocycles. The highest BCUT2D eigenvalue weighted by Crippen LogP contribution is 2.20. The fourth-order valence-electron chi connectivity index (χ4n) is 4.75. The number of aryl methyl sites for hydroxylation is 1. The average molecular weight is 463 g/mol. The van der Waals surface area contributed by atoms with Gasteiger partial charge in [0.1, 0.15) is 0 Å². The van der Waals surface area contributed by atoms with Gasteiger partial charge in [0.15, 0.2) is 0 Å². The van der Waals surface area contributed by atoms with Crippen LogP contribution in [0.5, 0.6) is 0 Å². The molecule has 0 spiro atoms. The summed E-state index contributed by atoms with van der Waals surface area (Å²) >= 11 is 0. The summed E-state index contributed by atoms with van der Waals surface area (Å²) in [7, 11) is 0. The molecule has 3 amide bonds. The van der Waals surface area contributed by atoms with Gasteiger partial charge >= 0.3 is 0 Å². The summed E-state index contributed by atoms with van der Waals surface area (Å²) in [4.78, 5) is 42.1. The molecule has 0 atom stereocenters. The molecule has 2 N–H and O–H groups in total. The fraction of sp³-hybridized carbons (Fsp3) is 0.444. The Morgan fingerprint density at radius 3 is 2.32 bits per heavy atom. The minimum Gasteiger partial charge on any atom is -0.349 e. The molecule has 0 unspecified atom stereocenters. The van der Waals surface area contributed by atoms with Crippen molar-refractivity contribution < 1.29 is 14.4 Å². The summed E-state index contributed by atoms with van der Waals surface area (Å²) < 4.78 is 0. The Kier molecular flexibility index (Phi) is 7.95. The highest BCUT2D eigenvalue weighted by molar-refractivity contribution is 6.04. The molecule has 1 saturated heterocycles. The molecule has 2 fully saturated rings. The summed E-state index contributed by atoms with van der Waals surface area (Å²) in [5.41, 5.74) is 3.22. The number of rotatable bonds is 7. The van der Waals surface area contributed by atoms with Crippen molar-refractivity contribution in [3.63, 3.8) is 0 Å². The third kappa shape index (κ3) is 6.23. The van der Waals surface area contributed by atoms with E-state index in [2.05, 4.69) is 10.6 Å². The zero-order valence-corrected chi connectivity index (χ0v) is 19.9. The van der Waals surface area contributed by atoms with E-state index in [1.165, 1.54) is 0 Å². The third-order valence-corrected chi connectivity index (χ3v) is 6.83. The van der Waals surface area contributed by atoms with Gasteiger partial charge in [-0.3, -0.25) is 19.3 Å². The molecule has 2 aromatic rings. The van der Waals surface area contributed by atoms with E-state index in [1.807, 2.05) is 53.1 Å². The number of benzene rings is 2. The van der Waals surface area contributed by atoms with E-state index in [-0.39, 0.29) is 30.3 Å². The highest BCUT2D eigenvalue weighted by Gasteiger charge is 2.24. The van der Waals surface area contributed by atoms with Crippen molar-refractivity contribution in [2.75, 3.05) is 38.0 Å². The highest BCUT2D eigenvalue weighted by atomic mass is 16.2. The van der Waals surface area contributed by atoms with Gasteiger partial charge in [0, 0.05) is 32.2 Å². The van der Waals surface area contributed by atoms with E-state index in [1.54, 1.807) is 12.1 Å². The number of piperazine rings is 1. The van der Waals surface area contributed by atoms with Crippen LogP contribution in [-0.4, -0.2) is 66.3 Å². The van der Waals surface area contributed by atoms with Crippen LogP contribution in [0.15, 0.2) is 48.5 Å². The topological polar surface area (TPSA) is 81.8 Å². The predicted octanol–water partition coefficient (Wildman–Crippen LogP) is 2.99. The van der Waals surface area contributed by atoms with Crippen molar-refractivity contribution in [2.45, 2.75) is 45.1 Å². The number of carbonyl (C=O) groups is 3. The van der Waals surface area contributed by atoms with Gasteiger partial charge in [-0.2, -0.15) is 0 Å². The third-order valence-electron chi connectivity index (χ3n) is 6.83. The first-order chi connectivity index (χ1) is 16.5. The quantitative estimate of drug-likeness (QED) is 0.663. The molecular weight excluding hydrogens is 428 g/mol. The van der Waals surface area contributed by atoms with Gasteiger partial charge in [0.2, 0.25) is 11.8 Å². The molecule has 180 valence electrons. The van der Waals surface area contributed by atoms with Crippen LogP contribution in [0.3, 0.4) is 0 Å². The summed E-state index contributed by atoms with van der Waals surface area (Å²) in [5, 5.41) is 6.00. The first kappa shape index (κ1) is 24.0. The molecular formula is C27H34N4O3. The molecule has 34 heavy (non-hydrogen) atoms.